The molecule has 1 heterocycles. The second kappa shape index (κ2) is 10.9. The van der Waals surface area contributed by atoms with Crippen LogP contribution in [0.4, 0.5) is 0 Å². The molecule has 0 radical (unpaired) electrons. The lowest BCUT2D eigenvalue weighted by atomic mass is 10.1. The van der Waals surface area contributed by atoms with E-state index in [1.165, 1.54) is 5.56 Å². The SMILES string of the molecule is COc1ccc(-c2nc(CSCC(=O)N[C@@H](C)CCc3ccccc3)c(C)o2)cc1. The lowest BCUT2D eigenvalue weighted by molar-refractivity contribution is -0.119. The van der Waals surface area contributed by atoms with Crippen molar-refractivity contribution in [2.75, 3.05) is 12.9 Å². The summed E-state index contributed by atoms with van der Waals surface area (Å²) < 4.78 is 11.0. The van der Waals surface area contributed by atoms with Crippen LogP contribution in [0, 0.1) is 6.92 Å². The Morgan fingerprint density at radius 3 is 2.60 bits per heavy atom. The molecule has 2 aromatic carbocycles. The van der Waals surface area contributed by atoms with E-state index in [1.54, 1.807) is 18.9 Å². The first-order valence-electron chi connectivity index (χ1n) is 10.1. The number of thioether (sulfide) groups is 1. The fourth-order valence-electron chi connectivity index (χ4n) is 3.08. The largest absolute Gasteiger partial charge is 0.497 e. The second-order valence-corrected chi connectivity index (χ2v) is 8.22. The molecule has 1 amide bonds. The molecule has 1 aromatic heterocycles. The van der Waals surface area contributed by atoms with E-state index >= 15 is 0 Å². The summed E-state index contributed by atoms with van der Waals surface area (Å²) >= 11 is 1.55. The van der Waals surface area contributed by atoms with Crippen LogP contribution in [0.1, 0.15) is 30.4 Å². The zero-order valence-electron chi connectivity index (χ0n) is 17.7. The predicted octanol–water partition coefficient (Wildman–Crippen LogP) is 5.03. The minimum Gasteiger partial charge on any atom is -0.497 e. The number of rotatable bonds is 10. The molecular formula is C24H28N2O3S. The Morgan fingerprint density at radius 2 is 1.90 bits per heavy atom. The Labute approximate surface area is 182 Å². The summed E-state index contributed by atoms with van der Waals surface area (Å²) in [4.78, 5) is 16.8. The van der Waals surface area contributed by atoms with Crippen LogP contribution in [0.15, 0.2) is 59.0 Å². The van der Waals surface area contributed by atoms with Crippen LogP contribution < -0.4 is 10.1 Å². The monoisotopic (exact) mass is 424 g/mol. The molecule has 0 saturated carbocycles. The molecule has 0 spiro atoms. The van der Waals surface area contributed by atoms with Crippen LogP contribution in [-0.2, 0) is 17.0 Å². The molecular weight excluding hydrogens is 396 g/mol. The van der Waals surface area contributed by atoms with Crippen LogP contribution in [0.3, 0.4) is 0 Å². The first-order valence-corrected chi connectivity index (χ1v) is 11.2. The van der Waals surface area contributed by atoms with Crippen LogP contribution >= 0.6 is 11.8 Å². The summed E-state index contributed by atoms with van der Waals surface area (Å²) in [5.74, 6) is 3.26. The predicted molar refractivity (Wildman–Crippen MR) is 122 cm³/mol. The molecule has 30 heavy (non-hydrogen) atoms. The quantitative estimate of drug-likeness (QED) is 0.495. The Morgan fingerprint density at radius 1 is 1.17 bits per heavy atom. The summed E-state index contributed by atoms with van der Waals surface area (Å²) in [7, 11) is 1.64. The smallest absolute Gasteiger partial charge is 0.230 e. The van der Waals surface area contributed by atoms with Crippen LogP contribution in [-0.4, -0.2) is 29.8 Å². The van der Waals surface area contributed by atoms with E-state index in [-0.39, 0.29) is 11.9 Å². The highest BCUT2D eigenvalue weighted by Crippen LogP contribution is 2.25. The standard InChI is InChI=1S/C24H28N2O3S/c1-17(9-10-19-7-5-4-6-8-19)25-23(27)16-30-15-22-18(2)29-24(26-22)20-11-13-21(28-3)14-12-20/h4-8,11-14,17H,9-10,15-16H2,1-3H3,(H,25,27)/t17-/m0/s1. The van der Waals surface area contributed by atoms with Crippen molar-refractivity contribution in [3.63, 3.8) is 0 Å². The summed E-state index contributed by atoms with van der Waals surface area (Å²) in [5.41, 5.74) is 3.07. The van der Waals surface area contributed by atoms with Crippen LogP contribution in [0.5, 0.6) is 5.75 Å². The molecule has 5 nitrogen and oxygen atoms in total. The van der Waals surface area contributed by atoms with Crippen molar-refractivity contribution < 1.29 is 13.9 Å². The van der Waals surface area contributed by atoms with Gasteiger partial charge < -0.3 is 14.5 Å². The first kappa shape index (κ1) is 22.0. The van der Waals surface area contributed by atoms with Gasteiger partial charge in [0.25, 0.3) is 0 Å². The number of benzene rings is 2. The maximum absolute atomic E-state index is 12.2. The fourth-order valence-corrected chi connectivity index (χ4v) is 3.91. The van der Waals surface area contributed by atoms with Gasteiger partial charge in [-0.25, -0.2) is 4.98 Å². The minimum atomic E-state index is 0.0529. The van der Waals surface area contributed by atoms with Gasteiger partial charge in [0.1, 0.15) is 11.5 Å². The Hall–Kier alpha value is -2.73. The van der Waals surface area contributed by atoms with Crippen molar-refractivity contribution in [2.45, 2.75) is 38.5 Å². The van der Waals surface area contributed by atoms with E-state index in [0.29, 0.717) is 17.4 Å². The molecule has 0 bridgehead atoms. The molecule has 0 unspecified atom stereocenters. The van der Waals surface area contributed by atoms with Gasteiger partial charge in [-0.05, 0) is 56.5 Å². The van der Waals surface area contributed by atoms with E-state index < -0.39 is 0 Å². The van der Waals surface area contributed by atoms with Gasteiger partial charge in [0.2, 0.25) is 11.8 Å². The van der Waals surface area contributed by atoms with Gasteiger partial charge >= 0.3 is 0 Å². The number of amides is 1. The molecule has 0 saturated heterocycles. The zero-order valence-corrected chi connectivity index (χ0v) is 18.5. The number of aromatic nitrogens is 1. The summed E-state index contributed by atoms with van der Waals surface area (Å²) in [6.07, 6.45) is 1.88. The normalized spacial score (nSPS) is 11.8. The van der Waals surface area contributed by atoms with Gasteiger partial charge in [0.15, 0.2) is 0 Å². The molecule has 0 fully saturated rings. The lowest BCUT2D eigenvalue weighted by Crippen LogP contribution is -2.34. The van der Waals surface area contributed by atoms with Gasteiger partial charge in [-0.15, -0.1) is 11.8 Å². The topological polar surface area (TPSA) is 64.4 Å². The molecule has 0 aliphatic heterocycles. The van der Waals surface area contributed by atoms with Crippen molar-refractivity contribution in [3.8, 4) is 17.2 Å². The van der Waals surface area contributed by atoms with Gasteiger partial charge in [-0.3, -0.25) is 4.79 Å². The third kappa shape index (κ3) is 6.39. The number of oxazole rings is 1. The van der Waals surface area contributed by atoms with Crippen molar-refractivity contribution in [1.82, 2.24) is 10.3 Å². The lowest BCUT2D eigenvalue weighted by Gasteiger charge is -2.13. The number of nitrogens with zero attached hydrogens (tertiary/aromatic N) is 1. The molecule has 6 heteroatoms. The van der Waals surface area contributed by atoms with Crippen molar-refractivity contribution in [3.05, 3.63) is 71.6 Å². The minimum absolute atomic E-state index is 0.0529. The number of carbonyl (C=O) groups excluding carboxylic acids is 1. The van der Waals surface area contributed by atoms with Gasteiger partial charge in [0.05, 0.1) is 18.6 Å². The van der Waals surface area contributed by atoms with E-state index in [2.05, 4.69) is 29.4 Å². The van der Waals surface area contributed by atoms with Gasteiger partial charge in [0, 0.05) is 17.4 Å². The summed E-state index contributed by atoms with van der Waals surface area (Å²) in [6, 6.07) is 18.1. The van der Waals surface area contributed by atoms with E-state index in [1.807, 2.05) is 49.4 Å². The number of carbonyl (C=O) groups is 1. The highest BCUT2D eigenvalue weighted by Gasteiger charge is 2.13. The second-order valence-electron chi connectivity index (χ2n) is 7.24. The average Bonchev–Trinajstić information content (AvgIpc) is 3.13. The van der Waals surface area contributed by atoms with Gasteiger partial charge in [-0.1, -0.05) is 30.3 Å². The van der Waals surface area contributed by atoms with Crippen molar-refractivity contribution in [1.29, 1.82) is 0 Å². The summed E-state index contributed by atoms with van der Waals surface area (Å²) in [6.45, 7) is 3.95. The molecule has 3 aromatic rings. The molecule has 1 atom stereocenters. The Balaban J connectivity index is 1.43. The number of hydrogen-bond donors (Lipinski definition) is 1. The van der Waals surface area contributed by atoms with E-state index in [9.17, 15) is 4.79 Å². The maximum Gasteiger partial charge on any atom is 0.230 e. The highest BCUT2D eigenvalue weighted by atomic mass is 32.2. The van der Waals surface area contributed by atoms with Crippen molar-refractivity contribution in [2.24, 2.45) is 0 Å². The highest BCUT2D eigenvalue weighted by molar-refractivity contribution is 7.99. The van der Waals surface area contributed by atoms with Crippen molar-refractivity contribution >= 4 is 17.7 Å². The third-order valence-corrected chi connectivity index (χ3v) is 5.76. The molecule has 0 aliphatic rings. The summed E-state index contributed by atoms with van der Waals surface area (Å²) in [5, 5.41) is 3.08. The van der Waals surface area contributed by atoms with E-state index in [0.717, 1.165) is 35.6 Å². The first-order chi connectivity index (χ1) is 14.5. The average molecular weight is 425 g/mol. The molecule has 3 rings (SSSR count). The molecule has 1 N–H and O–H groups in total. The Kier molecular flexibility index (Phi) is 7.97. The number of nitrogens with one attached hydrogen (secondary N) is 1. The van der Waals surface area contributed by atoms with Crippen LogP contribution in [0.25, 0.3) is 11.5 Å². The Bertz CT molecular complexity index is 939. The molecule has 158 valence electrons. The van der Waals surface area contributed by atoms with Crippen LogP contribution in [0.2, 0.25) is 0 Å². The van der Waals surface area contributed by atoms with E-state index in [4.69, 9.17) is 9.15 Å². The molecule has 0 aliphatic carbocycles. The number of aryl methyl sites for hydroxylation is 2. The number of methoxy groups -OCH3 is 1. The van der Waals surface area contributed by atoms with Gasteiger partial charge in [-0.2, -0.15) is 0 Å². The third-order valence-electron chi connectivity index (χ3n) is 4.82. The number of ether oxygens (including phenoxy) is 1. The zero-order chi connectivity index (χ0) is 21.3. The number of hydrogen-bond acceptors (Lipinski definition) is 5. The maximum atomic E-state index is 12.2. The fraction of sp³-hybridized carbons (Fsp3) is 0.333.